The summed E-state index contributed by atoms with van der Waals surface area (Å²) in [4.78, 5) is 0. The zero-order valence-corrected chi connectivity index (χ0v) is 5.13. The fourth-order valence-corrected chi connectivity index (χ4v) is 0. The zero-order chi connectivity index (χ0) is 3.58. The van der Waals surface area contributed by atoms with Crippen molar-refractivity contribution in [1.82, 2.24) is 6.15 Å². The van der Waals surface area contributed by atoms with E-state index in [1.54, 1.807) is 0 Å². The van der Waals surface area contributed by atoms with Crippen molar-refractivity contribution in [2.75, 3.05) is 0 Å². The van der Waals surface area contributed by atoms with E-state index in [0.29, 0.717) is 0 Å². The zero-order valence-electron chi connectivity index (χ0n) is 2.58. The molecule has 0 atom stereocenters. The van der Waals surface area contributed by atoms with Crippen molar-refractivity contribution in [3.05, 3.63) is 0 Å². The second-order valence-electron chi connectivity index (χ2n) is 0.192. The molecule has 0 aromatic heterocycles. The molecule has 0 unspecified atom stereocenters. The van der Waals surface area contributed by atoms with Gasteiger partial charge in [-0.3, -0.25) is 0 Å². The number of hydrogen-bond donors (Lipinski definition) is 1. The molecular weight excluding hydrogens is 193 g/mol. The van der Waals surface area contributed by atoms with Crippen LogP contribution in [0.15, 0.2) is 0 Å². The Labute approximate surface area is 37.1 Å². The Kier molecular flexibility index (Phi) is 8.34. The summed E-state index contributed by atoms with van der Waals surface area (Å²) in [6.45, 7) is 0. The summed E-state index contributed by atoms with van der Waals surface area (Å²) in [5.41, 5.74) is 0. The van der Waals surface area contributed by atoms with Crippen molar-refractivity contribution in [1.29, 1.82) is 0 Å². The van der Waals surface area contributed by atoms with Gasteiger partial charge in [0, 0.05) is 0 Å². The molecule has 0 amide bonds. The number of halogens is 3. The van der Waals surface area contributed by atoms with Crippen LogP contribution in [0.25, 0.3) is 0 Å². The molecule has 0 aliphatic heterocycles. The Balaban J connectivity index is 0. The van der Waals surface area contributed by atoms with Gasteiger partial charge in [0.15, 0.2) is 0 Å². The van der Waals surface area contributed by atoms with Crippen molar-refractivity contribution >= 4 is 22.0 Å². The van der Waals surface area contributed by atoms with E-state index >= 15 is 0 Å². The van der Waals surface area contributed by atoms with Gasteiger partial charge in [-0.25, -0.2) is 0 Å². The first-order valence-electron chi connectivity index (χ1n) is 0.507. The van der Waals surface area contributed by atoms with E-state index in [4.69, 9.17) is 0 Å². The minimum Gasteiger partial charge on any atom is -0.369 e. The van der Waals surface area contributed by atoms with Gasteiger partial charge in [0.05, 0.1) is 0 Å². The molecule has 0 radical (unpaired) electrons. The standard InChI is InChI=1S/3FH.H3N.Sb/h3*1H;1H3;/q;;;;+3/p-2. The summed E-state index contributed by atoms with van der Waals surface area (Å²) in [5, 5.41) is 0. The Morgan fingerprint density at radius 1 is 1.00 bits per heavy atom. The topological polar surface area (TPSA) is 36.5 Å². The van der Waals surface area contributed by atoms with Crippen LogP contribution in [-0.4, -0.2) is 22.0 Å². The van der Waals surface area contributed by atoms with Crippen LogP contribution in [0, 0.1) is 0 Å². The Morgan fingerprint density at radius 3 is 1.00 bits per heavy atom. The molecule has 4 N–H and O–H groups in total. The largest absolute Gasteiger partial charge is 0.369 e. The Hall–Kier alpha value is 0.568. The summed E-state index contributed by atoms with van der Waals surface area (Å²) >= 11 is -4.95. The van der Waals surface area contributed by atoms with Crippen LogP contribution in [0.1, 0.15) is 0 Å². The van der Waals surface area contributed by atoms with Crippen LogP contribution >= 0.6 is 0 Å². The third kappa shape index (κ3) is 93.3. The fourth-order valence-electron chi connectivity index (χ4n) is 0. The third-order valence-corrected chi connectivity index (χ3v) is 0. The van der Waals surface area contributed by atoms with Crippen LogP contribution in [0.2, 0.25) is 0 Å². The molecule has 5 heteroatoms. The van der Waals surface area contributed by atoms with Crippen LogP contribution in [0.5, 0.6) is 0 Å². The van der Waals surface area contributed by atoms with Crippen LogP contribution in [0.3, 0.4) is 0 Å². The molecule has 0 heterocycles. The predicted octanol–water partition coefficient (Wildman–Crippen LogP) is 1.26. The molecule has 0 spiro atoms. The summed E-state index contributed by atoms with van der Waals surface area (Å²) in [5.74, 6) is 0. The number of quaternary nitrogens is 1. The average Bonchev–Trinajstić information content (AvgIpc) is 0.811. The summed E-state index contributed by atoms with van der Waals surface area (Å²) in [7, 11) is 0. The van der Waals surface area contributed by atoms with Gasteiger partial charge in [0.2, 0.25) is 0 Å². The minimum atomic E-state index is -4.95. The normalized spacial score (nSPS) is 7.20. The van der Waals surface area contributed by atoms with Gasteiger partial charge < -0.3 is 6.15 Å². The van der Waals surface area contributed by atoms with Gasteiger partial charge in [0.1, 0.15) is 0 Å². The van der Waals surface area contributed by atoms with E-state index in [1.807, 2.05) is 0 Å². The molecular formula is H4F3NSb+. The van der Waals surface area contributed by atoms with Gasteiger partial charge in [-0.2, -0.15) is 0 Å². The molecule has 0 aromatic carbocycles. The maximum atomic E-state index is 9.85. The average molecular weight is 197 g/mol. The molecule has 0 bridgehead atoms. The molecule has 0 aromatic rings. The van der Waals surface area contributed by atoms with Gasteiger partial charge >= 0.3 is 30.4 Å². The SMILES string of the molecule is [F][Sb]([F])[F].[NH4+]. The van der Waals surface area contributed by atoms with Crippen LogP contribution < -0.4 is 6.15 Å². The monoisotopic (exact) mass is 196 g/mol. The van der Waals surface area contributed by atoms with Crippen molar-refractivity contribution in [3.8, 4) is 0 Å². The summed E-state index contributed by atoms with van der Waals surface area (Å²) in [6, 6.07) is 0. The summed E-state index contributed by atoms with van der Waals surface area (Å²) < 4.78 is 29.6. The van der Waals surface area contributed by atoms with Gasteiger partial charge in [-0.1, -0.05) is 0 Å². The van der Waals surface area contributed by atoms with E-state index in [1.165, 1.54) is 0 Å². The first-order chi connectivity index (χ1) is 1.73. The first kappa shape index (κ1) is 9.13. The molecule has 0 saturated heterocycles. The van der Waals surface area contributed by atoms with Crippen molar-refractivity contribution in [2.45, 2.75) is 0 Å². The fraction of sp³-hybridized carbons (Fsp3) is 0. The minimum absolute atomic E-state index is 0. The maximum absolute atomic E-state index is 9.85. The predicted molar refractivity (Wildman–Crippen MR) is 15.1 cm³/mol. The van der Waals surface area contributed by atoms with Gasteiger partial charge in [-0.15, -0.1) is 0 Å². The van der Waals surface area contributed by atoms with E-state index < -0.39 is 22.0 Å². The second-order valence-corrected chi connectivity index (χ2v) is 1.29. The van der Waals surface area contributed by atoms with E-state index in [2.05, 4.69) is 0 Å². The molecule has 0 rings (SSSR count). The van der Waals surface area contributed by atoms with Crippen molar-refractivity contribution in [2.24, 2.45) is 0 Å². The molecule has 34 valence electrons. The molecule has 0 aliphatic rings. The van der Waals surface area contributed by atoms with E-state index in [-0.39, 0.29) is 6.15 Å². The summed E-state index contributed by atoms with van der Waals surface area (Å²) in [6.07, 6.45) is 0. The Morgan fingerprint density at radius 2 is 1.00 bits per heavy atom. The molecule has 1 nitrogen and oxygen atoms in total. The smallest absolute Gasteiger partial charge is 0.369 e. The van der Waals surface area contributed by atoms with Gasteiger partial charge in [-0.05, 0) is 0 Å². The van der Waals surface area contributed by atoms with E-state index in [9.17, 15) is 8.44 Å². The van der Waals surface area contributed by atoms with Crippen molar-refractivity contribution in [3.63, 3.8) is 0 Å². The van der Waals surface area contributed by atoms with Crippen molar-refractivity contribution < 1.29 is 8.44 Å². The number of rotatable bonds is 0. The quantitative estimate of drug-likeness (QED) is 0.567. The molecule has 0 aliphatic carbocycles. The number of hydrogen-bond acceptors (Lipinski definition) is 0. The van der Waals surface area contributed by atoms with Crippen LogP contribution in [0.4, 0.5) is 8.44 Å². The third-order valence-electron chi connectivity index (χ3n) is 0. The molecule has 5 heavy (non-hydrogen) atoms. The molecule has 0 saturated carbocycles. The van der Waals surface area contributed by atoms with Gasteiger partial charge in [0.25, 0.3) is 0 Å². The van der Waals surface area contributed by atoms with Crippen LogP contribution in [-0.2, 0) is 0 Å². The maximum Gasteiger partial charge on any atom is -0.369 e. The second kappa shape index (κ2) is 4.57. The first-order valence-corrected chi connectivity index (χ1v) is 3.40. The molecule has 0 fully saturated rings. The van der Waals surface area contributed by atoms with E-state index in [0.717, 1.165) is 0 Å². The Bertz CT molecular complexity index is 11.6.